The van der Waals surface area contributed by atoms with E-state index in [2.05, 4.69) is 5.32 Å². The molecule has 0 heterocycles. The lowest BCUT2D eigenvalue weighted by atomic mass is 10.1. The molecule has 1 amide bonds. The molecule has 0 aliphatic heterocycles. The molecule has 0 aliphatic rings. The molecule has 0 atom stereocenters. The van der Waals surface area contributed by atoms with E-state index in [9.17, 15) is 4.79 Å². The van der Waals surface area contributed by atoms with Crippen LogP contribution >= 0.6 is 23.4 Å². The van der Waals surface area contributed by atoms with Crippen LogP contribution in [0.15, 0.2) is 71.6 Å². The number of methoxy groups -OCH3 is 1. The molecular weight excluding hydrogens is 406 g/mol. The Hall–Kier alpha value is -2.63. The van der Waals surface area contributed by atoms with Crippen LogP contribution in [0.4, 0.5) is 5.69 Å². The highest BCUT2D eigenvalue weighted by molar-refractivity contribution is 7.98. The van der Waals surface area contributed by atoms with Gasteiger partial charge in [0.15, 0.2) is 0 Å². The smallest absolute Gasteiger partial charge is 0.255 e. The molecule has 4 nitrogen and oxygen atoms in total. The maximum atomic E-state index is 12.8. The average Bonchev–Trinajstić information content (AvgIpc) is 2.74. The second kappa shape index (κ2) is 10.2. The van der Waals surface area contributed by atoms with Crippen molar-refractivity contribution in [2.75, 3.05) is 19.0 Å². The fraction of sp³-hybridized carbons (Fsp3) is 0.174. The van der Waals surface area contributed by atoms with Gasteiger partial charge in [0.05, 0.1) is 19.4 Å². The number of hydrogen-bond donors (Lipinski definition) is 1. The third-order valence-electron chi connectivity index (χ3n) is 4.19. The average molecular weight is 428 g/mol. The molecule has 0 unspecified atom stereocenters. The van der Waals surface area contributed by atoms with Crippen molar-refractivity contribution in [1.29, 1.82) is 0 Å². The molecule has 1 N–H and O–H groups in total. The number of ether oxygens (including phenoxy) is 2. The van der Waals surface area contributed by atoms with Gasteiger partial charge in [-0.15, -0.1) is 11.8 Å². The fourth-order valence-corrected chi connectivity index (χ4v) is 3.77. The fourth-order valence-electron chi connectivity index (χ4n) is 2.77. The topological polar surface area (TPSA) is 47.6 Å². The van der Waals surface area contributed by atoms with Crippen molar-refractivity contribution >= 4 is 35.0 Å². The van der Waals surface area contributed by atoms with Crippen molar-refractivity contribution in [1.82, 2.24) is 0 Å². The van der Waals surface area contributed by atoms with E-state index in [-0.39, 0.29) is 5.91 Å². The van der Waals surface area contributed by atoms with Crippen LogP contribution < -0.4 is 14.8 Å². The Morgan fingerprint density at radius 1 is 1.03 bits per heavy atom. The minimum absolute atomic E-state index is 0.197. The van der Waals surface area contributed by atoms with Crippen LogP contribution in [0.25, 0.3) is 0 Å². The van der Waals surface area contributed by atoms with Gasteiger partial charge in [-0.2, -0.15) is 0 Å². The van der Waals surface area contributed by atoms with Gasteiger partial charge < -0.3 is 14.8 Å². The van der Waals surface area contributed by atoms with Gasteiger partial charge in [-0.25, -0.2) is 0 Å². The zero-order chi connectivity index (χ0) is 20.6. The summed E-state index contributed by atoms with van der Waals surface area (Å²) >= 11 is 7.60. The lowest BCUT2D eigenvalue weighted by molar-refractivity contribution is 0.102. The standard InChI is InChI=1S/C23H22ClNO3S/c1-3-28-22-7-5-4-6-20(22)25-23(26)16-8-13-21(27-2)17(14-16)15-29-19-11-9-18(24)10-12-19/h4-14H,3,15H2,1-2H3,(H,25,26). The van der Waals surface area contributed by atoms with Gasteiger partial charge in [0.25, 0.3) is 5.91 Å². The Morgan fingerprint density at radius 3 is 2.52 bits per heavy atom. The molecule has 0 spiro atoms. The Labute approximate surface area is 180 Å². The minimum atomic E-state index is -0.197. The summed E-state index contributed by atoms with van der Waals surface area (Å²) in [5.74, 6) is 1.87. The van der Waals surface area contributed by atoms with Crippen molar-refractivity contribution in [2.24, 2.45) is 0 Å². The Bertz CT molecular complexity index is 976. The molecule has 0 saturated carbocycles. The van der Waals surface area contributed by atoms with Crippen molar-refractivity contribution in [3.05, 3.63) is 82.9 Å². The largest absolute Gasteiger partial charge is 0.496 e. The van der Waals surface area contributed by atoms with E-state index in [0.29, 0.717) is 34.4 Å². The molecule has 3 aromatic rings. The summed E-state index contributed by atoms with van der Waals surface area (Å²) in [6.07, 6.45) is 0. The summed E-state index contributed by atoms with van der Waals surface area (Å²) in [5.41, 5.74) is 2.15. The molecule has 3 rings (SSSR count). The second-order valence-corrected chi connectivity index (χ2v) is 7.64. The Kier molecular flexibility index (Phi) is 7.44. The van der Waals surface area contributed by atoms with E-state index in [0.717, 1.165) is 16.2 Å². The number of rotatable bonds is 8. The first-order chi connectivity index (χ1) is 14.1. The quantitative estimate of drug-likeness (QED) is 0.429. The molecular formula is C23H22ClNO3S. The van der Waals surface area contributed by atoms with Gasteiger partial charge in [-0.3, -0.25) is 4.79 Å². The number of benzene rings is 3. The van der Waals surface area contributed by atoms with Crippen LogP contribution in [-0.4, -0.2) is 19.6 Å². The van der Waals surface area contributed by atoms with E-state index < -0.39 is 0 Å². The first-order valence-corrected chi connectivity index (χ1v) is 10.6. The number of halogens is 1. The second-order valence-electron chi connectivity index (χ2n) is 6.15. The van der Waals surface area contributed by atoms with Crippen LogP contribution in [0.2, 0.25) is 5.02 Å². The lowest BCUT2D eigenvalue weighted by Crippen LogP contribution is -2.13. The number of thioether (sulfide) groups is 1. The normalized spacial score (nSPS) is 10.4. The highest BCUT2D eigenvalue weighted by atomic mass is 35.5. The molecule has 0 aliphatic carbocycles. The molecule has 0 fully saturated rings. The van der Waals surface area contributed by atoms with Gasteiger partial charge in [-0.1, -0.05) is 23.7 Å². The molecule has 6 heteroatoms. The third-order valence-corrected chi connectivity index (χ3v) is 5.50. The molecule has 0 bridgehead atoms. The predicted octanol–water partition coefficient (Wildman–Crippen LogP) is 6.29. The van der Waals surface area contributed by atoms with Gasteiger partial charge in [0, 0.05) is 26.8 Å². The van der Waals surface area contributed by atoms with E-state index in [1.807, 2.05) is 67.6 Å². The summed E-state index contributed by atoms with van der Waals surface area (Å²) in [5, 5.41) is 3.64. The summed E-state index contributed by atoms with van der Waals surface area (Å²) in [4.78, 5) is 13.9. The molecule has 150 valence electrons. The van der Waals surface area contributed by atoms with E-state index >= 15 is 0 Å². The summed E-state index contributed by atoms with van der Waals surface area (Å²) < 4.78 is 11.1. The number of anilines is 1. The first-order valence-electron chi connectivity index (χ1n) is 9.19. The van der Waals surface area contributed by atoms with E-state index in [4.69, 9.17) is 21.1 Å². The van der Waals surface area contributed by atoms with Gasteiger partial charge in [-0.05, 0) is 61.5 Å². The zero-order valence-electron chi connectivity index (χ0n) is 16.3. The molecule has 3 aromatic carbocycles. The highest BCUT2D eigenvalue weighted by Crippen LogP contribution is 2.30. The van der Waals surface area contributed by atoms with Crippen molar-refractivity contribution < 1.29 is 14.3 Å². The number of carbonyl (C=O) groups is 1. The van der Waals surface area contributed by atoms with Crippen molar-refractivity contribution in [3.63, 3.8) is 0 Å². The number of para-hydroxylation sites is 2. The minimum Gasteiger partial charge on any atom is -0.496 e. The molecule has 0 aromatic heterocycles. The monoisotopic (exact) mass is 427 g/mol. The number of hydrogen-bond acceptors (Lipinski definition) is 4. The van der Waals surface area contributed by atoms with E-state index in [1.165, 1.54) is 0 Å². The van der Waals surface area contributed by atoms with E-state index in [1.54, 1.807) is 24.9 Å². The van der Waals surface area contributed by atoms with Crippen LogP contribution in [0.3, 0.4) is 0 Å². The molecule has 0 saturated heterocycles. The van der Waals surface area contributed by atoms with Crippen LogP contribution in [0.1, 0.15) is 22.8 Å². The van der Waals surface area contributed by atoms with Gasteiger partial charge in [0.1, 0.15) is 11.5 Å². The Balaban J connectivity index is 1.76. The number of amides is 1. The highest BCUT2D eigenvalue weighted by Gasteiger charge is 2.13. The maximum Gasteiger partial charge on any atom is 0.255 e. The molecule has 29 heavy (non-hydrogen) atoms. The number of carbonyl (C=O) groups excluding carboxylic acids is 1. The maximum absolute atomic E-state index is 12.8. The molecule has 0 radical (unpaired) electrons. The van der Waals surface area contributed by atoms with Crippen LogP contribution in [0, 0.1) is 0 Å². The van der Waals surface area contributed by atoms with Gasteiger partial charge >= 0.3 is 0 Å². The van der Waals surface area contributed by atoms with Crippen molar-refractivity contribution in [3.8, 4) is 11.5 Å². The number of nitrogens with one attached hydrogen (secondary N) is 1. The SMILES string of the molecule is CCOc1ccccc1NC(=O)c1ccc(OC)c(CSc2ccc(Cl)cc2)c1. The summed E-state index contributed by atoms with van der Waals surface area (Å²) in [6.45, 7) is 2.44. The van der Waals surface area contributed by atoms with Crippen LogP contribution in [-0.2, 0) is 5.75 Å². The van der Waals surface area contributed by atoms with Crippen molar-refractivity contribution in [2.45, 2.75) is 17.6 Å². The Morgan fingerprint density at radius 2 is 1.79 bits per heavy atom. The lowest BCUT2D eigenvalue weighted by Gasteiger charge is -2.13. The summed E-state index contributed by atoms with van der Waals surface area (Å²) in [7, 11) is 1.63. The predicted molar refractivity (Wildman–Crippen MR) is 120 cm³/mol. The van der Waals surface area contributed by atoms with Crippen LogP contribution in [0.5, 0.6) is 11.5 Å². The first kappa shape index (κ1) is 21.1. The summed E-state index contributed by atoms with van der Waals surface area (Å²) in [6, 6.07) is 20.5. The third kappa shape index (κ3) is 5.68. The van der Waals surface area contributed by atoms with Gasteiger partial charge in [0.2, 0.25) is 0 Å². The zero-order valence-corrected chi connectivity index (χ0v) is 17.8.